The molecule has 0 unspecified atom stereocenters. The molecular weight excluding hydrogens is 330 g/mol. The molecule has 0 aliphatic carbocycles. The molecule has 0 saturated carbocycles. The summed E-state index contributed by atoms with van der Waals surface area (Å²) < 4.78 is 1.62. The van der Waals surface area contributed by atoms with Crippen molar-refractivity contribution in [2.45, 2.75) is 6.92 Å². The number of hydrogen-bond acceptors (Lipinski definition) is 2. The van der Waals surface area contributed by atoms with Crippen LogP contribution >= 0.6 is 12.2 Å². The Labute approximate surface area is 85.2 Å². The zero-order chi connectivity index (χ0) is 7.72. The fourth-order valence-electron chi connectivity index (χ4n) is 0.840. The Balaban J connectivity index is 0.000001000. The maximum Gasteiger partial charge on any atom is 0.0378 e. The van der Waals surface area contributed by atoms with Gasteiger partial charge in [0, 0.05) is 33.1 Å². The molecule has 0 aliphatic rings. The number of aryl methyl sites for hydroxylation is 2. The second-order valence-corrected chi connectivity index (χ2v) is 2.51. The van der Waals surface area contributed by atoms with E-state index in [1.54, 1.807) is 11.7 Å². The van der Waals surface area contributed by atoms with E-state index in [-0.39, 0.29) is 21.1 Å². The Hall–Kier alpha value is -0.212. The summed E-state index contributed by atoms with van der Waals surface area (Å²) in [6, 6.07) is 0. The SMILES string of the molecule is Cc1[c-]nn(C)c1C(N)=S.[W]. The molecule has 0 atom stereocenters. The van der Waals surface area contributed by atoms with Crippen LogP contribution in [0.15, 0.2) is 0 Å². The number of thiocarbonyl (C=S) groups is 1. The molecule has 1 aromatic rings. The van der Waals surface area contributed by atoms with Crippen molar-refractivity contribution >= 4 is 17.2 Å². The Morgan fingerprint density at radius 3 is 2.45 bits per heavy atom. The predicted octanol–water partition coefficient (Wildman–Crippen LogP) is 0.160. The molecule has 5 heteroatoms. The first-order valence-electron chi connectivity index (χ1n) is 2.84. The van der Waals surface area contributed by atoms with E-state index in [0.717, 1.165) is 11.3 Å². The third kappa shape index (κ3) is 2.11. The summed E-state index contributed by atoms with van der Waals surface area (Å²) in [5.74, 6) is 0. The Bertz CT molecular complexity index is 249. The van der Waals surface area contributed by atoms with Crippen molar-refractivity contribution in [2.75, 3.05) is 0 Å². The summed E-state index contributed by atoms with van der Waals surface area (Å²) in [6.07, 6.45) is 2.76. The number of hydrogen-bond donors (Lipinski definition) is 1. The third-order valence-corrected chi connectivity index (χ3v) is 1.47. The molecule has 0 radical (unpaired) electrons. The van der Waals surface area contributed by atoms with E-state index in [1.807, 2.05) is 6.92 Å². The molecule has 60 valence electrons. The van der Waals surface area contributed by atoms with Crippen LogP contribution in [0.25, 0.3) is 0 Å². The van der Waals surface area contributed by atoms with Crippen LogP contribution in [0, 0.1) is 13.1 Å². The molecule has 1 heterocycles. The van der Waals surface area contributed by atoms with E-state index in [1.165, 1.54) is 0 Å². The zero-order valence-corrected chi connectivity index (χ0v) is 10.0. The van der Waals surface area contributed by atoms with E-state index in [2.05, 4.69) is 11.3 Å². The van der Waals surface area contributed by atoms with Gasteiger partial charge in [-0.15, -0.1) is 6.20 Å². The maximum absolute atomic E-state index is 5.41. The van der Waals surface area contributed by atoms with E-state index < -0.39 is 0 Å². The van der Waals surface area contributed by atoms with Crippen LogP contribution in [0.5, 0.6) is 0 Å². The van der Waals surface area contributed by atoms with Crippen molar-refractivity contribution < 1.29 is 21.1 Å². The molecular formula is C6H8N3SW-. The molecule has 3 nitrogen and oxygen atoms in total. The van der Waals surface area contributed by atoms with Crippen LogP contribution in [-0.2, 0) is 28.1 Å². The first-order chi connectivity index (χ1) is 4.63. The molecule has 0 bridgehead atoms. The fourth-order valence-corrected chi connectivity index (χ4v) is 1.13. The Morgan fingerprint density at radius 1 is 1.73 bits per heavy atom. The van der Waals surface area contributed by atoms with Gasteiger partial charge in [-0.25, -0.2) is 0 Å². The van der Waals surface area contributed by atoms with Crippen LogP contribution in [0.1, 0.15) is 11.3 Å². The van der Waals surface area contributed by atoms with Gasteiger partial charge in [0.15, 0.2) is 0 Å². The zero-order valence-electron chi connectivity index (χ0n) is 6.29. The van der Waals surface area contributed by atoms with E-state index in [9.17, 15) is 0 Å². The molecule has 11 heavy (non-hydrogen) atoms. The smallest absolute Gasteiger partial charge is 0.0378 e. The van der Waals surface area contributed by atoms with Crippen LogP contribution in [-0.4, -0.2) is 14.8 Å². The second-order valence-electron chi connectivity index (χ2n) is 2.07. The minimum atomic E-state index is 0. The van der Waals surface area contributed by atoms with E-state index in [0.29, 0.717) is 4.99 Å². The van der Waals surface area contributed by atoms with Gasteiger partial charge in [-0.05, 0) is 0 Å². The van der Waals surface area contributed by atoms with Gasteiger partial charge >= 0.3 is 0 Å². The van der Waals surface area contributed by atoms with Crippen molar-refractivity contribution in [3.8, 4) is 0 Å². The second kappa shape index (κ2) is 3.98. The van der Waals surface area contributed by atoms with Gasteiger partial charge in [-0.3, -0.25) is 0 Å². The third-order valence-electron chi connectivity index (χ3n) is 1.28. The van der Waals surface area contributed by atoms with Gasteiger partial charge in [0.1, 0.15) is 0 Å². The van der Waals surface area contributed by atoms with Crippen molar-refractivity contribution in [1.82, 2.24) is 9.78 Å². The Kier molecular flexibility index (Phi) is 3.90. The van der Waals surface area contributed by atoms with Crippen molar-refractivity contribution in [3.63, 3.8) is 0 Å². The van der Waals surface area contributed by atoms with Gasteiger partial charge in [0.25, 0.3) is 0 Å². The van der Waals surface area contributed by atoms with Crippen molar-refractivity contribution in [1.29, 1.82) is 0 Å². The molecule has 1 rings (SSSR count). The standard InChI is InChI=1S/C6H8N3S.W/c1-4-3-8-9(2)5(4)6(7)10;/h1-2H3,(H2,7,10);/q-1;. The molecule has 1 aromatic heterocycles. The van der Waals surface area contributed by atoms with E-state index in [4.69, 9.17) is 18.0 Å². The summed E-state index contributed by atoms with van der Waals surface area (Å²) in [4.78, 5) is 0.369. The topological polar surface area (TPSA) is 43.8 Å². The van der Waals surface area contributed by atoms with Gasteiger partial charge in [-0.1, -0.05) is 24.8 Å². The van der Waals surface area contributed by atoms with Crippen molar-refractivity contribution in [2.24, 2.45) is 12.8 Å². The molecule has 0 spiro atoms. The summed E-state index contributed by atoms with van der Waals surface area (Å²) >= 11 is 4.79. The number of nitrogens with zero attached hydrogens (tertiary/aromatic N) is 2. The van der Waals surface area contributed by atoms with Gasteiger partial charge in [-0.2, -0.15) is 5.56 Å². The minimum absolute atomic E-state index is 0. The number of nitrogens with two attached hydrogens (primary N) is 1. The summed E-state index contributed by atoms with van der Waals surface area (Å²) in [5, 5.41) is 3.86. The Morgan fingerprint density at radius 2 is 2.27 bits per heavy atom. The summed E-state index contributed by atoms with van der Waals surface area (Å²) in [7, 11) is 1.79. The molecule has 0 aromatic carbocycles. The average molecular weight is 338 g/mol. The molecule has 2 N–H and O–H groups in total. The van der Waals surface area contributed by atoms with Gasteiger partial charge in [0.2, 0.25) is 0 Å². The molecule has 0 aliphatic heterocycles. The number of rotatable bonds is 1. The van der Waals surface area contributed by atoms with Crippen LogP contribution in [0.3, 0.4) is 0 Å². The largest absolute Gasteiger partial charge is 0.403 e. The maximum atomic E-state index is 5.41. The average Bonchev–Trinajstić information content (AvgIpc) is 2.11. The van der Waals surface area contributed by atoms with Gasteiger partial charge in [0.05, 0.1) is 0 Å². The summed E-state index contributed by atoms with van der Waals surface area (Å²) in [5.41, 5.74) is 7.10. The van der Waals surface area contributed by atoms with Crippen LogP contribution in [0.2, 0.25) is 0 Å². The quantitative estimate of drug-likeness (QED) is 0.586. The fraction of sp³-hybridized carbons (Fsp3) is 0.333. The molecule has 0 fully saturated rings. The van der Waals surface area contributed by atoms with Crippen LogP contribution < -0.4 is 5.73 Å². The van der Waals surface area contributed by atoms with Gasteiger partial charge < -0.3 is 15.5 Å². The molecule has 0 amide bonds. The predicted molar refractivity (Wildman–Crippen MR) is 42.7 cm³/mol. The minimum Gasteiger partial charge on any atom is -0.403 e. The summed E-state index contributed by atoms with van der Waals surface area (Å²) in [6.45, 7) is 1.88. The molecule has 0 saturated heterocycles. The van der Waals surface area contributed by atoms with Crippen molar-refractivity contribution in [3.05, 3.63) is 17.5 Å². The van der Waals surface area contributed by atoms with E-state index >= 15 is 0 Å². The monoisotopic (exact) mass is 338 g/mol. The normalized spacial score (nSPS) is 8.91. The number of aromatic nitrogens is 2. The first-order valence-corrected chi connectivity index (χ1v) is 3.25. The van der Waals surface area contributed by atoms with Crippen LogP contribution in [0.4, 0.5) is 0 Å². The first kappa shape index (κ1) is 10.8.